The standard InChI is InChI=1S/C28H37N7O4/c1-18-17-39-14-13-35(18)26-22-6-7-23(19-5-8-24(38-4)20(15-19)16-36)30-25(22)31-27(32-26)29-21-9-11-34(12-10-21)28(37)33(2)3/h5-8,15,18,21,36H,9-14,16-17H2,1-4H3,(H,29,30,31,32). The summed E-state index contributed by atoms with van der Waals surface area (Å²) in [5.41, 5.74) is 2.92. The number of anilines is 2. The Kier molecular flexibility index (Phi) is 7.99. The number of hydrogen-bond donors (Lipinski definition) is 2. The first kappa shape index (κ1) is 26.9. The van der Waals surface area contributed by atoms with Crippen molar-refractivity contribution in [2.75, 3.05) is 64.3 Å². The summed E-state index contributed by atoms with van der Waals surface area (Å²) in [6, 6.07) is 10.0. The van der Waals surface area contributed by atoms with Crippen LogP contribution in [0.2, 0.25) is 0 Å². The second-order valence-electron chi connectivity index (χ2n) is 10.3. The number of aromatic nitrogens is 3. The van der Waals surface area contributed by atoms with Gasteiger partial charge in [0.25, 0.3) is 0 Å². The van der Waals surface area contributed by atoms with Gasteiger partial charge in [-0.25, -0.2) is 9.78 Å². The number of carbonyl (C=O) groups excluding carboxylic acids is 1. The quantitative estimate of drug-likeness (QED) is 0.491. The molecular weight excluding hydrogens is 498 g/mol. The van der Waals surface area contributed by atoms with Crippen LogP contribution in [-0.4, -0.2) is 102 Å². The van der Waals surface area contributed by atoms with Gasteiger partial charge >= 0.3 is 6.03 Å². The molecule has 5 rings (SSSR count). The molecule has 11 heteroatoms. The van der Waals surface area contributed by atoms with E-state index in [4.69, 9.17) is 24.4 Å². The number of pyridine rings is 1. The molecule has 2 aromatic heterocycles. The van der Waals surface area contributed by atoms with Crippen LogP contribution in [0.1, 0.15) is 25.3 Å². The topological polar surface area (TPSA) is 116 Å². The molecule has 3 aromatic rings. The largest absolute Gasteiger partial charge is 0.496 e. The summed E-state index contributed by atoms with van der Waals surface area (Å²) in [5.74, 6) is 2.00. The summed E-state index contributed by atoms with van der Waals surface area (Å²) in [4.78, 5) is 32.9. The number of urea groups is 1. The summed E-state index contributed by atoms with van der Waals surface area (Å²) >= 11 is 0. The molecule has 0 saturated carbocycles. The number of carbonyl (C=O) groups is 1. The Hall–Kier alpha value is -3.70. The summed E-state index contributed by atoms with van der Waals surface area (Å²) in [7, 11) is 5.15. The first-order chi connectivity index (χ1) is 18.9. The molecule has 39 heavy (non-hydrogen) atoms. The van der Waals surface area contributed by atoms with Crippen molar-refractivity contribution in [3.8, 4) is 17.0 Å². The van der Waals surface area contributed by atoms with E-state index in [1.54, 1.807) is 26.1 Å². The van der Waals surface area contributed by atoms with Gasteiger partial charge in [0.05, 0.1) is 44.1 Å². The lowest BCUT2D eigenvalue weighted by molar-refractivity contribution is 0.0987. The predicted octanol–water partition coefficient (Wildman–Crippen LogP) is 2.98. The number of ether oxygens (including phenoxy) is 2. The van der Waals surface area contributed by atoms with Crippen LogP contribution in [0.5, 0.6) is 5.75 Å². The number of fused-ring (bicyclic) bond motifs is 1. The number of nitrogens with one attached hydrogen (secondary N) is 1. The summed E-state index contributed by atoms with van der Waals surface area (Å²) < 4.78 is 11.0. The van der Waals surface area contributed by atoms with Crippen molar-refractivity contribution in [3.05, 3.63) is 35.9 Å². The van der Waals surface area contributed by atoms with E-state index in [2.05, 4.69) is 17.1 Å². The first-order valence-electron chi connectivity index (χ1n) is 13.4. The molecule has 0 spiro atoms. The van der Waals surface area contributed by atoms with Crippen LogP contribution >= 0.6 is 0 Å². The number of rotatable bonds is 6. The van der Waals surface area contributed by atoms with E-state index < -0.39 is 0 Å². The van der Waals surface area contributed by atoms with Gasteiger partial charge in [0.15, 0.2) is 5.65 Å². The fourth-order valence-electron chi connectivity index (χ4n) is 5.22. The molecule has 2 fully saturated rings. The molecule has 0 aliphatic carbocycles. The number of morpholine rings is 1. The van der Waals surface area contributed by atoms with Crippen LogP contribution in [0, 0.1) is 0 Å². The maximum atomic E-state index is 12.3. The van der Waals surface area contributed by atoms with Gasteiger partial charge in [-0.2, -0.15) is 9.97 Å². The number of benzene rings is 1. The lowest BCUT2D eigenvalue weighted by atomic mass is 10.1. The van der Waals surface area contributed by atoms with E-state index in [0.717, 1.165) is 41.8 Å². The predicted molar refractivity (Wildman–Crippen MR) is 150 cm³/mol. The fraction of sp³-hybridized carbons (Fsp3) is 0.500. The van der Waals surface area contributed by atoms with Crippen molar-refractivity contribution < 1.29 is 19.4 Å². The fourth-order valence-corrected chi connectivity index (χ4v) is 5.22. The summed E-state index contributed by atoms with van der Waals surface area (Å²) in [5, 5.41) is 14.2. The summed E-state index contributed by atoms with van der Waals surface area (Å²) in [6.45, 7) is 5.38. The highest BCUT2D eigenvalue weighted by Gasteiger charge is 2.27. The van der Waals surface area contributed by atoms with Gasteiger partial charge in [-0.15, -0.1) is 0 Å². The third-order valence-electron chi connectivity index (χ3n) is 7.41. The van der Waals surface area contributed by atoms with E-state index in [1.807, 2.05) is 35.2 Å². The highest BCUT2D eigenvalue weighted by Crippen LogP contribution is 2.31. The Morgan fingerprint density at radius 1 is 1.15 bits per heavy atom. The molecule has 2 saturated heterocycles. The lowest BCUT2D eigenvalue weighted by Gasteiger charge is -2.35. The minimum atomic E-state index is -0.126. The Balaban J connectivity index is 1.48. The zero-order valence-corrected chi connectivity index (χ0v) is 23.1. The average Bonchev–Trinajstić information content (AvgIpc) is 2.96. The molecule has 4 heterocycles. The van der Waals surface area contributed by atoms with Gasteiger partial charge in [0.2, 0.25) is 5.95 Å². The number of aliphatic hydroxyl groups excluding tert-OH is 1. The maximum Gasteiger partial charge on any atom is 0.319 e. The molecule has 2 amide bonds. The molecule has 0 bridgehead atoms. The number of piperidine rings is 1. The number of hydrogen-bond acceptors (Lipinski definition) is 9. The second-order valence-corrected chi connectivity index (χ2v) is 10.3. The SMILES string of the molecule is COc1ccc(-c2ccc3c(N4CCOCC4C)nc(NC4CCN(C(=O)N(C)C)CC4)nc3n2)cc1CO. The lowest BCUT2D eigenvalue weighted by Crippen LogP contribution is -2.46. The van der Waals surface area contributed by atoms with Crippen molar-refractivity contribution in [1.82, 2.24) is 24.8 Å². The molecule has 11 nitrogen and oxygen atoms in total. The molecule has 0 radical (unpaired) electrons. The number of methoxy groups -OCH3 is 1. The minimum absolute atomic E-state index is 0.0404. The Bertz CT molecular complexity index is 1330. The van der Waals surface area contributed by atoms with E-state index in [1.165, 1.54) is 0 Å². The van der Waals surface area contributed by atoms with E-state index in [9.17, 15) is 9.90 Å². The van der Waals surface area contributed by atoms with Gasteiger partial charge in [-0.1, -0.05) is 0 Å². The van der Waals surface area contributed by atoms with Crippen molar-refractivity contribution >= 4 is 28.8 Å². The number of aliphatic hydroxyl groups is 1. The maximum absolute atomic E-state index is 12.3. The Labute approximate surface area is 228 Å². The molecule has 2 aliphatic rings. The highest BCUT2D eigenvalue weighted by atomic mass is 16.5. The van der Waals surface area contributed by atoms with E-state index in [0.29, 0.717) is 49.2 Å². The van der Waals surface area contributed by atoms with Crippen molar-refractivity contribution in [3.63, 3.8) is 0 Å². The number of nitrogens with zero attached hydrogens (tertiary/aromatic N) is 6. The van der Waals surface area contributed by atoms with Crippen LogP contribution in [0.25, 0.3) is 22.3 Å². The summed E-state index contributed by atoms with van der Waals surface area (Å²) in [6.07, 6.45) is 1.63. The van der Waals surface area contributed by atoms with Crippen LogP contribution < -0.4 is 15.0 Å². The van der Waals surface area contributed by atoms with Crippen LogP contribution in [0.15, 0.2) is 30.3 Å². The van der Waals surface area contributed by atoms with Crippen molar-refractivity contribution in [1.29, 1.82) is 0 Å². The highest BCUT2D eigenvalue weighted by molar-refractivity contribution is 5.90. The zero-order chi connectivity index (χ0) is 27.5. The molecule has 208 valence electrons. The van der Waals surface area contributed by atoms with Crippen LogP contribution in [0.3, 0.4) is 0 Å². The molecule has 2 aliphatic heterocycles. The van der Waals surface area contributed by atoms with Crippen molar-refractivity contribution in [2.45, 2.75) is 38.5 Å². The van der Waals surface area contributed by atoms with E-state index in [-0.39, 0.29) is 24.7 Å². The van der Waals surface area contributed by atoms with Crippen LogP contribution in [0.4, 0.5) is 16.6 Å². The van der Waals surface area contributed by atoms with Gasteiger partial charge in [0, 0.05) is 50.9 Å². The normalized spacial score (nSPS) is 18.3. The zero-order valence-electron chi connectivity index (χ0n) is 23.1. The van der Waals surface area contributed by atoms with Gasteiger partial charge < -0.3 is 34.6 Å². The molecular formula is C28H37N7O4. The molecule has 1 unspecified atom stereocenters. The van der Waals surface area contributed by atoms with Gasteiger partial charge in [-0.05, 0) is 50.1 Å². The molecule has 1 atom stereocenters. The van der Waals surface area contributed by atoms with Crippen LogP contribution in [-0.2, 0) is 11.3 Å². The average molecular weight is 536 g/mol. The van der Waals surface area contributed by atoms with E-state index >= 15 is 0 Å². The molecule has 2 N–H and O–H groups in total. The van der Waals surface area contributed by atoms with Gasteiger partial charge in [-0.3, -0.25) is 0 Å². The number of likely N-dealkylation sites (tertiary alicyclic amines) is 1. The Morgan fingerprint density at radius 3 is 2.64 bits per heavy atom. The smallest absolute Gasteiger partial charge is 0.319 e. The van der Waals surface area contributed by atoms with Crippen molar-refractivity contribution in [2.24, 2.45) is 0 Å². The monoisotopic (exact) mass is 535 g/mol. The third-order valence-corrected chi connectivity index (χ3v) is 7.41. The Morgan fingerprint density at radius 2 is 1.95 bits per heavy atom. The third kappa shape index (κ3) is 5.69. The first-order valence-corrected chi connectivity index (χ1v) is 13.4. The second kappa shape index (κ2) is 11.6. The van der Waals surface area contributed by atoms with Gasteiger partial charge in [0.1, 0.15) is 11.6 Å². The minimum Gasteiger partial charge on any atom is -0.496 e. The number of amides is 2. The molecule has 1 aromatic carbocycles.